The Balaban J connectivity index is 1.79. The molecule has 2 heteroatoms. The highest BCUT2D eigenvalue weighted by atomic mass is 16.3. The van der Waals surface area contributed by atoms with E-state index in [-0.39, 0.29) is 0 Å². The van der Waals surface area contributed by atoms with Crippen LogP contribution in [0.2, 0.25) is 0 Å². The number of aromatic hydroxyl groups is 1. The predicted octanol–water partition coefficient (Wildman–Crippen LogP) is 3.18. The minimum absolute atomic E-state index is 0.381. The van der Waals surface area contributed by atoms with E-state index in [4.69, 9.17) is 0 Å². The van der Waals surface area contributed by atoms with Crippen molar-refractivity contribution in [1.29, 1.82) is 0 Å². The summed E-state index contributed by atoms with van der Waals surface area (Å²) in [5, 5.41) is 10.1. The SMILES string of the molecule is Oc1ccccc1C[NH+](Cc1ccccc1)Cc1ccccc1. The van der Waals surface area contributed by atoms with E-state index in [1.165, 1.54) is 16.0 Å². The van der Waals surface area contributed by atoms with Crippen LogP contribution >= 0.6 is 0 Å². The third kappa shape index (κ3) is 4.44. The zero-order valence-electron chi connectivity index (χ0n) is 13.2. The van der Waals surface area contributed by atoms with E-state index < -0.39 is 0 Å². The normalized spacial score (nSPS) is 10.8. The van der Waals surface area contributed by atoms with Crippen LogP contribution in [0.4, 0.5) is 0 Å². The molecular weight excluding hydrogens is 282 g/mol. The number of para-hydroxylation sites is 1. The smallest absolute Gasteiger partial charge is 0.124 e. The summed E-state index contributed by atoms with van der Waals surface area (Å²) in [6.07, 6.45) is 0. The molecule has 0 unspecified atom stereocenters. The summed E-state index contributed by atoms with van der Waals surface area (Å²) in [5.41, 5.74) is 3.62. The number of hydrogen-bond acceptors (Lipinski definition) is 1. The molecule has 0 aliphatic rings. The van der Waals surface area contributed by atoms with E-state index in [1.54, 1.807) is 6.07 Å². The molecule has 116 valence electrons. The lowest BCUT2D eigenvalue weighted by molar-refractivity contribution is -0.941. The van der Waals surface area contributed by atoms with Crippen molar-refractivity contribution in [3.63, 3.8) is 0 Å². The average molecular weight is 304 g/mol. The Hall–Kier alpha value is -2.58. The minimum Gasteiger partial charge on any atom is -0.507 e. The fourth-order valence-corrected chi connectivity index (χ4v) is 2.89. The maximum absolute atomic E-state index is 10.1. The average Bonchev–Trinajstić information content (AvgIpc) is 2.59. The Kier molecular flexibility index (Phi) is 5.07. The van der Waals surface area contributed by atoms with Crippen LogP contribution in [-0.2, 0) is 19.6 Å². The summed E-state index contributed by atoms with van der Waals surface area (Å²) in [4.78, 5) is 1.41. The fraction of sp³-hybridized carbons (Fsp3) is 0.143. The van der Waals surface area contributed by atoms with Crippen LogP contribution in [0.25, 0.3) is 0 Å². The topological polar surface area (TPSA) is 24.7 Å². The van der Waals surface area contributed by atoms with Crippen molar-refractivity contribution in [2.24, 2.45) is 0 Å². The molecule has 0 saturated heterocycles. The second-order valence-electron chi connectivity index (χ2n) is 5.88. The van der Waals surface area contributed by atoms with Gasteiger partial charge in [0, 0.05) is 16.7 Å². The third-order valence-corrected chi connectivity index (χ3v) is 4.03. The maximum Gasteiger partial charge on any atom is 0.124 e. The molecule has 0 heterocycles. The van der Waals surface area contributed by atoms with Gasteiger partial charge in [-0.15, -0.1) is 0 Å². The molecule has 3 aromatic rings. The Morgan fingerprint density at radius 3 is 1.57 bits per heavy atom. The summed E-state index contributed by atoms with van der Waals surface area (Å²) in [6.45, 7) is 2.67. The van der Waals surface area contributed by atoms with Gasteiger partial charge in [0.15, 0.2) is 0 Å². The van der Waals surface area contributed by atoms with Crippen LogP contribution in [-0.4, -0.2) is 5.11 Å². The van der Waals surface area contributed by atoms with Crippen LogP contribution < -0.4 is 4.90 Å². The number of phenols is 1. The molecule has 3 rings (SSSR count). The number of rotatable bonds is 6. The van der Waals surface area contributed by atoms with Crippen LogP contribution in [0.5, 0.6) is 5.75 Å². The van der Waals surface area contributed by atoms with Crippen molar-refractivity contribution < 1.29 is 10.0 Å². The van der Waals surface area contributed by atoms with Gasteiger partial charge in [0.2, 0.25) is 0 Å². The van der Waals surface area contributed by atoms with Gasteiger partial charge in [-0.2, -0.15) is 0 Å². The molecule has 0 fully saturated rings. The minimum atomic E-state index is 0.381. The summed E-state index contributed by atoms with van der Waals surface area (Å²) in [6, 6.07) is 28.7. The van der Waals surface area contributed by atoms with E-state index in [0.717, 1.165) is 25.2 Å². The zero-order chi connectivity index (χ0) is 15.9. The van der Waals surface area contributed by atoms with Crippen molar-refractivity contribution >= 4 is 0 Å². The van der Waals surface area contributed by atoms with Gasteiger partial charge in [0.1, 0.15) is 25.4 Å². The van der Waals surface area contributed by atoms with Crippen LogP contribution in [0, 0.1) is 0 Å². The zero-order valence-corrected chi connectivity index (χ0v) is 13.2. The fourth-order valence-electron chi connectivity index (χ4n) is 2.89. The Morgan fingerprint density at radius 1 is 0.565 bits per heavy atom. The predicted molar refractivity (Wildman–Crippen MR) is 93.1 cm³/mol. The van der Waals surface area contributed by atoms with E-state index in [1.807, 2.05) is 30.3 Å². The van der Waals surface area contributed by atoms with Gasteiger partial charge in [0.25, 0.3) is 0 Å². The monoisotopic (exact) mass is 304 g/mol. The van der Waals surface area contributed by atoms with E-state index in [0.29, 0.717) is 5.75 Å². The summed E-state index contributed by atoms with van der Waals surface area (Å²) in [5.74, 6) is 0.381. The molecule has 0 aliphatic carbocycles. The van der Waals surface area contributed by atoms with Gasteiger partial charge in [-0.25, -0.2) is 0 Å². The van der Waals surface area contributed by atoms with Gasteiger partial charge in [0.05, 0.1) is 0 Å². The Morgan fingerprint density at radius 2 is 1.04 bits per heavy atom. The Bertz CT molecular complexity index is 684. The summed E-state index contributed by atoms with van der Waals surface area (Å²) >= 11 is 0. The first-order valence-corrected chi connectivity index (χ1v) is 7.99. The molecule has 3 aromatic carbocycles. The van der Waals surface area contributed by atoms with Crippen molar-refractivity contribution in [2.75, 3.05) is 0 Å². The number of nitrogens with one attached hydrogen (secondary N) is 1. The molecule has 2 N–H and O–H groups in total. The molecule has 0 aliphatic heterocycles. The lowest BCUT2D eigenvalue weighted by atomic mass is 10.1. The molecule has 0 bridgehead atoms. The maximum atomic E-state index is 10.1. The molecule has 23 heavy (non-hydrogen) atoms. The molecular formula is C21H22NO+. The molecule has 0 aromatic heterocycles. The lowest BCUT2D eigenvalue weighted by Crippen LogP contribution is -3.08. The van der Waals surface area contributed by atoms with Gasteiger partial charge >= 0.3 is 0 Å². The molecule has 0 spiro atoms. The van der Waals surface area contributed by atoms with E-state index >= 15 is 0 Å². The van der Waals surface area contributed by atoms with Gasteiger partial charge in [-0.3, -0.25) is 0 Å². The molecule has 0 saturated carbocycles. The molecule has 0 amide bonds. The number of hydrogen-bond donors (Lipinski definition) is 2. The molecule has 0 radical (unpaired) electrons. The van der Waals surface area contributed by atoms with Gasteiger partial charge < -0.3 is 10.0 Å². The van der Waals surface area contributed by atoms with Crippen molar-refractivity contribution in [2.45, 2.75) is 19.6 Å². The molecule has 0 atom stereocenters. The van der Waals surface area contributed by atoms with Crippen LogP contribution in [0.1, 0.15) is 16.7 Å². The number of phenolic OH excluding ortho intramolecular Hbond substituents is 1. The van der Waals surface area contributed by atoms with Gasteiger partial charge in [-0.1, -0.05) is 72.8 Å². The Labute approximate surface area is 137 Å². The number of benzene rings is 3. The second kappa shape index (κ2) is 7.61. The summed E-state index contributed by atoms with van der Waals surface area (Å²) < 4.78 is 0. The number of quaternary nitrogens is 1. The highest BCUT2D eigenvalue weighted by molar-refractivity contribution is 5.30. The third-order valence-electron chi connectivity index (χ3n) is 4.03. The standard InChI is InChI=1S/C21H21NO/c23-21-14-8-7-13-20(21)17-22(15-18-9-3-1-4-10-18)16-19-11-5-2-6-12-19/h1-14,23H,15-17H2/p+1. The first-order valence-electron chi connectivity index (χ1n) is 7.99. The van der Waals surface area contributed by atoms with E-state index in [2.05, 4.69) is 48.5 Å². The van der Waals surface area contributed by atoms with Crippen molar-refractivity contribution in [1.82, 2.24) is 0 Å². The summed E-state index contributed by atoms with van der Waals surface area (Å²) in [7, 11) is 0. The van der Waals surface area contributed by atoms with Crippen LogP contribution in [0.3, 0.4) is 0 Å². The van der Waals surface area contributed by atoms with E-state index in [9.17, 15) is 5.11 Å². The molecule has 2 nitrogen and oxygen atoms in total. The van der Waals surface area contributed by atoms with Gasteiger partial charge in [-0.05, 0) is 12.1 Å². The first kappa shape index (κ1) is 15.3. The first-order chi connectivity index (χ1) is 11.3. The van der Waals surface area contributed by atoms with Crippen LogP contribution in [0.15, 0.2) is 84.9 Å². The van der Waals surface area contributed by atoms with Crippen molar-refractivity contribution in [3.05, 3.63) is 102 Å². The highest BCUT2D eigenvalue weighted by Crippen LogP contribution is 2.14. The quantitative estimate of drug-likeness (QED) is 0.718. The highest BCUT2D eigenvalue weighted by Gasteiger charge is 2.13. The largest absolute Gasteiger partial charge is 0.507 e. The lowest BCUT2D eigenvalue weighted by Gasteiger charge is -2.20. The van der Waals surface area contributed by atoms with Crippen molar-refractivity contribution in [3.8, 4) is 5.75 Å². The second-order valence-corrected chi connectivity index (χ2v) is 5.88.